The van der Waals surface area contributed by atoms with Gasteiger partial charge < -0.3 is 24.7 Å². The third kappa shape index (κ3) is 10.3. The second-order valence-electron chi connectivity index (χ2n) is 9.90. The number of alkyl halides is 6. The van der Waals surface area contributed by atoms with Crippen LogP contribution in [-0.2, 0) is 14.4 Å². The van der Waals surface area contributed by atoms with Crippen LogP contribution in [0, 0.1) is 13.8 Å². The van der Waals surface area contributed by atoms with Crippen molar-refractivity contribution in [2.45, 2.75) is 63.8 Å². The molecule has 1 amide bonds. The average Bonchev–Trinajstić information content (AvgIpc) is 3.21. The first-order chi connectivity index (χ1) is 20.0. The molecule has 43 heavy (non-hydrogen) atoms. The number of likely N-dealkylation sites (tertiary alicyclic amines) is 1. The van der Waals surface area contributed by atoms with E-state index in [0.717, 1.165) is 74.4 Å². The van der Waals surface area contributed by atoms with E-state index in [2.05, 4.69) is 26.7 Å². The number of benzene rings is 1. The van der Waals surface area contributed by atoms with Gasteiger partial charge in [-0.05, 0) is 57.6 Å². The zero-order chi connectivity index (χ0) is 32.4. The maximum Gasteiger partial charge on any atom is 0.490 e. The Kier molecular flexibility index (Phi) is 12.1. The predicted molar refractivity (Wildman–Crippen MR) is 141 cm³/mol. The van der Waals surface area contributed by atoms with E-state index in [9.17, 15) is 31.1 Å². The summed E-state index contributed by atoms with van der Waals surface area (Å²) in [5.41, 5.74) is 2.12. The van der Waals surface area contributed by atoms with Crippen molar-refractivity contribution in [1.29, 1.82) is 0 Å². The lowest BCUT2D eigenvalue weighted by atomic mass is 9.87. The fourth-order valence-electron chi connectivity index (χ4n) is 4.90. The Hall–Kier alpha value is -4.11. The van der Waals surface area contributed by atoms with E-state index in [1.54, 1.807) is 6.33 Å². The van der Waals surface area contributed by atoms with Crippen LogP contribution in [0.4, 0.5) is 32.2 Å². The van der Waals surface area contributed by atoms with Crippen molar-refractivity contribution in [3.8, 4) is 5.75 Å². The maximum atomic E-state index is 13.1. The molecule has 3 heterocycles. The van der Waals surface area contributed by atoms with Gasteiger partial charge in [0.15, 0.2) is 6.61 Å². The summed E-state index contributed by atoms with van der Waals surface area (Å²) in [4.78, 5) is 44.0. The minimum atomic E-state index is -5.08. The molecule has 2 fully saturated rings. The van der Waals surface area contributed by atoms with E-state index in [-0.39, 0.29) is 18.1 Å². The van der Waals surface area contributed by atoms with Gasteiger partial charge in [-0.1, -0.05) is 18.2 Å². The predicted octanol–water partition coefficient (Wildman–Crippen LogP) is 4.79. The fraction of sp³-hybridized carbons (Fsp3) is 0.519. The smallest absolute Gasteiger partial charge is 0.484 e. The number of carbonyl (C=O) groups excluding carboxylic acids is 1. The first kappa shape index (κ1) is 35.1. The molecular formula is C27H32F6N4O6. The number of aromatic nitrogens is 2. The minimum Gasteiger partial charge on any atom is -0.484 e. The van der Waals surface area contributed by atoms with Gasteiger partial charge in [0.05, 0.1) is 0 Å². The van der Waals surface area contributed by atoms with Crippen LogP contribution in [0.5, 0.6) is 5.75 Å². The van der Waals surface area contributed by atoms with Crippen LogP contribution in [0.15, 0.2) is 36.8 Å². The number of para-hydroxylation sites is 1. The number of ether oxygens (including phenoxy) is 1. The number of carboxylic acids is 2. The molecule has 2 aromatic rings. The fourth-order valence-corrected chi connectivity index (χ4v) is 4.90. The van der Waals surface area contributed by atoms with Gasteiger partial charge >= 0.3 is 24.3 Å². The Labute approximate surface area is 243 Å². The Morgan fingerprint density at radius 2 is 1.44 bits per heavy atom. The molecule has 2 aliphatic rings. The van der Waals surface area contributed by atoms with Crippen molar-refractivity contribution >= 4 is 23.7 Å². The van der Waals surface area contributed by atoms with Gasteiger partial charge in [-0.15, -0.1) is 0 Å². The summed E-state index contributed by atoms with van der Waals surface area (Å²) >= 11 is 0. The lowest BCUT2D eigenvalue weighted by Crippen LogP contribution is -2.49. The highest BCUT2D eigenvalue weighted by atomic mass is 19.4. The van der Waals surface area contributed by atoms with Gasteiger partial charge in [0, 0.05) is 36.9 Å². The monoisotopic (exact) mass is 622 g/mol. The molecular weight excluding hydrogens is 590 g/mol. The van der Waals surface area contributed by atoms with Crippen LogP contribution in [0.25, 0.3) is 0 Å². The largest absolute Gasteiger partial charge is 0.490 e. The molecule has 0 bridgehead atoms. The quantitative estimate of drug-likeness (QED) is 0.462. The Balaban J connectivity index is 0.000000384. The molecule has 0 saturated carbocycles. The number of aliphatic carboxylic acids is 2. The summed E-state index contributed by atoms with van der Waals surface area (Å²) in [5, 5.41) is 14.2. The number of nitrogens with zero attached hydrogens (tertiary/aromatic N) is 4. The van der Waals surface area contributed by atoms with Gasteiger partial charge in [-0.2, -0.15) is 26.3 Å². The summed E-state index contributed by atoms with van der Waals surface area (Å²) in [5.74, 6) is -3.59. The molecule has 1 spiro atoms. The van der Waals surface area contributed by atoms with Gasteiger partial charge in [0.25, 0.3) is 5.91 Å². The maximum absolute atomic E-state index is 13.1. The van der Waals surface area contributed by atoms with Gasteiger partial charge in [-0.25, -0.2) is 19.6 Å². The molecule has 1 unspecified atom stereocenters. The van der Waals surface area contributed by atoms with E-state index in [0.29, 0.717) is 0 Å². The normalized spacial score (nSPS) is 18.5. The molecule has 1 atom stereocenters. The molecule has 2 aliphatic heterocycles. The van der Waals surface area contributed by atoms with Crippen molar-refractivity contribution in [1.82, 2.24) is 14.9 Å². The van der Waals surface area contributed by atoms with Crippen LogP contribution in [-0.4, -0.2) is 87.1 Å². The number of carbonyl (C=O) groups is 3. The summed E-state index contributed by atoms with van der Waals surface area (Å²) in [7, 11) is 0. The number of aryl methyl sites for hydroxylation is 2. The first-order valence-electron chi connectivity index (χ1n) is 13.1. The average molecular weight is 623 g/mol. The zero-order valence-electron chi connectivity index (χ0n) is 23.4. The van der Waals surface area contributed by atoms with Gasteiger partial charge in [0.2, 0.25) is 0 Å². The van der Waals surface area contributed by atoms with Crippen molar-refractivity contribution in [2.75, 3.05) is 31.1 Å². The molecule has 4 rings (SSSR count). The van der Waals surface area contributed by atoms with E-state index in [1.807, 2.05) is 37.4 Å². The zero-order valence-corrected chi connectivity index (χ0v) is 23.4. The Morgan fingerprint density at radius 3 is 1.98 bits per heavy atom. The number of rotatable bonds is 4. The molecule has 1 aromatic carbocycles. The lowest BCUT2D eigenvalue weighted by molar-refractivity contribution is -0.193. The van der Waals surface area contributed by atoms with E-state index >= 15 is 0 Å². The van der Waals surface area contributed by atoms with Crippen LogP contribution in [0.2, 0.25) is 0 Å². The third-order valence-corrected chi connectivity index (χ3v) is 6.91. The summed E-state index contributed by atoms with van der Waals surface area (Å²) in [6, 6.07) is 7.86. The van der Waals surface area contributed by atoms with Crippen molar-refractivity contribution in [3.63, 3.8) is 0 Å². The topological polar surface area (TPSA) is 133 Å². The highest BCUT2D eigenvalue weighted by Crippen LogP contribution is 2.39. The van der Waals surface area contributed by atoms with Crippen LogP contribution >= 0.6 is 0 Å². The van der Waals surface area contributed by atoms with Crippen molar-refractivity contribution < 1.29 is 55.7 Å². The Morgan fingerprint density at radius 1 is 0.884 bits per heavy atom. The third-order valence-electron chi connectivity index (χ3n) is 6.91. The van der Waals surface area contributed by atoms with E-state index in [1.165, 1.54) is 0 Å². The SMILES string of the molecule is Cc1ccccc1OCC(=O)N1CCCC12CCCN(c1ncncc1C)CC2.O=C(O)C(F)(F)F.O=C(O)C(F)(F)F. The molecule has 1 aromatic heterocycles. The second-order valence-corrected chi connectivity index (χ2v) is 9.90. The van der Waals surface area contributed by atoms with E-state index < -0.39 is 24.3 Å². The molecule has 0 radical (unpaired) electrons. The van der Waals surface area contributed by atoms with Crippen LogP contribution in [0.3, 0.4) is 0 Å². The number of halogens is 6. The lowest BCUT2D eigenvalue weighted by Gasteiger charge is -2.38. The second kappa shape index (κ2) is 14.9. The van der Waals surface area contributed by atoms with Gasteiger partial charge in [-0.3, -0.25) is 4.79 Å². The molecule has 0 aliphatic carbocycles. The van der Waals surface area contributed by atoms with E-state index in [4.69, 9.17) is 24.5 Å². The minimum absolute atomic E-state index is 0.0398. The number of amides is 1. The number of carboxylic acid groups (broad SMARTS) is 2. The van der Waals surface area contributed by atoms with Crippen molar-refractivity contribution in [3.05, 3.63) is 47.9 Å². The molecule has 2 N–H and O–H groups in total. The number of anilines is 1. The number of hydrogen-bond donors (Lipinski definition) is 2. The summed E-state index contributed by atoms with van der Waals surface area (Å²) < 4.78 is 69.3. The highest BCUT2D eigenvalue weighted by molar-refractivity contribution is 5.79. The molecule has 16 heteroatoms. The van der Waals surface area contributed by atoms with Gasteiger partial charge in [0.1, 0.15) is 17.9 Å². The summed E-state index contributed by atoms with van der Waals surface area (Å²) in [6.45, 7) is 6.90. The standard InChI is InChI=1S/C23H30N4O2.2C2HF3O2/c1-18-7-3-4-8-20(18)29-16-21(28)27-13-6-10-23(27)9-5-12-26(14-11-23)22-19(2)15-24-17-25-22;2*3-2(4,5)1(6)7/h3-4,7-8,15,17H,5-6,9-14,16H2,1-2H3;2*(H,6,7). The highest BCUT2D eigenvalue weighted by Gasteiger charge is 2.44. The molecule has 2 saturated heterocycles. The summed E-state index contributed by atoms with van der Waals surface area (Å²) in [6.07, 6.45) is -1.43. The first-order valence-corrected chi connectivity index (χ1v) is 13.1. The molecule has 10 nitrogen and oxygen atoms in total. The van der Waals surface area contributed by atoms with Crippen LogP contribution in [0.1, 0.15) is 43.2 Å². The Bertz CT molecular complexity index is 1230. The molecule has 238 valence electrons. The number of hydrogen-bond acceptors (Lipinski definition) is 7. The van der Waals surface area contributed by atoms with Crippen molar-refractivity contribution in [2.24, 2.45) is 0 Å². The van der Waals surface area contributed by atoms with Crippen LogP contribution < -0.4 is 9.64 Å².